The lowest BCUT2D eigenvalue weighted by molar-refractivity contribution is 0.871. The maximum absolute atomic E-state index is 8.51. The summed E-state index contributed by atoms with van der Waals surface area (Å²) in [5.41, 5.74) is 1.18. The van der Waals surface area contributed by atoms with E-state index in [1.54, 1.807) is 29.3 Å². The first-order valence-corrected chi connectivity index (χ1v) is 3.61. The highest BCUT2D eigenvalue weighted by Crippen LogP contribution is 2.03. The average molecular weight is 171 g/mol. The molecule has 5 nitrogen and oxygen atoms in total. The van der Waals surface area contributed by atoms with Crippen LogP contribution in [-0.4, -0.2) is 19.7 Å². The van der Waals surface area contributed by atoms with E-state index in [1.165, 1.54) is 6.33 Å². The van der Waals surface area contributed by atoms with Crippen molar-refractivity contribution in [2.75, 3.05) is 0 Å². The average Bonchev–Trinajstić information content (AvgIpc) is 2.71. The van der Waals surface area contributed by atoms with Gasteiger partial charge in [0.05, 0.1) is 11.9 Å². The third kappa shape index (κ3) is 1.37. The molecule has 0 aromatic carbocycles. The van der Waals surface area contributed by atoms with E-state index in [2.05, 4.69) is 15.1 Å². The van der Waals surface area contributed by atoms with Crippen LogP contribution in [0, 0.1) is 11.3 Å². The molecule has 0 N–H and O–H groups in total. The molecule has 62 valence electrons. The van der Waals surface area contributed by atoms with Crippen LogP contribution in [0.25, 0.3) is 5.69 Å². The zero-order chi connectivity index (χ0) is 9.10. The Morgan fingerprint density at radius 2 is 2.31 bits per heavy atom. The van der Waals surface area contributed by atoms with E-state index in [0.717, 1.165) is 5.69 Å². The third-order valence-electron chi connectivity index (χ3n) is 1.55. The molecule has 0 radical (unpaired) electrons. The number of pyridine rings is 1. The first-order valence-electron chi connectivity index (χ1n) is 3.61. The van der Waals surface area contributed by atoms with Gasteiger partial charge in [-0.3, -0.25) is 0 Å². The maximum atomic E-state index is 8.51. The molecule has 0 saturated carbocycles. The minimum atomic E-state index is 0.392. The van der Waals surface area contributed by atoms with Gasteiger partial charge in [-0.1, -0.05) is 0 Å². The van der Waals surface area contributed by atoms with Crippen molar-refractivity contribution < 1.29 is 0 Å². The summed E-state index contributed by atoms with van der Waals surface area (Å²) in [4.78, 5) is 7.70. The number of hydrogen-bond donors (Lipinski definition) is 0. The number of aromatic nitrogens is 4. The van der Waals surface area contributed by atoms with Crippen molar-refractivity contribution in [2.45, 2.75) is 0 Å². The molecule has 0 aliphatic rings. The van der Waals surface area contributed by atoms with Gasteiger partial charge in [-0.15, -0.1) is 0 Å². The quantitative estimate of drug-likeness (QED) is 0.627. The largest absolute Gasteiger partial charge is 0.243 e. The summed E-state index contributed by atoms with van der Waals surface area (Å²) >= 11 is 0. The summed E-state index contributed by atoms with van der Waals surface area (Å²) in [6.45, 7) is 0. The molecule has 13 heavy (non-hydrogen) atoms. The Morgan fingerprint density at radius 1 is 1.38 bits per heavy atom. The molecule has 0 amide bonds. The van der Waals surface area contributed by atoms with Crippen LogP contribution < -0.4 is 0 Å². The van der Waals surface area contributed by atoms with Crippen LogP contribution in [0.3, 0.4) is 0 Å². The van der Waals surface area contributed by atoms with E-state index in [4.69, 9.17) is 5.26 Å². The molecule has 0 aliphatic heterocycles. The Bertz CT molecular complexity index is 423. The predicted molar refractivity (Wildman–Crippen MR) is 43.9 cm³/mol. The van der Waals surface area contributed by atoms with Crippen LogP contribution >= 0.6 is 0 Å². The van der Waals surface area contributed by atoms with E-state index in [0.29, 0.717) is 5.69 Å². The highest BCUT2D eigenvalue weighted by molar-refractivity contribution is 5.31. The standard InChI is InChI=1S/C8H5N5/c9-3-7-1-2-8(4-11-7)13-6-10-5-12-13/h1-2,4-6H. The van der Waals surface area contributed by atoms with Gasteiger partial charge in [-0.05, 0) is 12.1 Å². The Kier molecular flexibility index (Phi) is 1.73. The summed E-state index contributed by atoms with van der Waals surface area (Å²) in [5, 5.41) is 12.4. The molecule has 0 saturated heterocycles. The van der Waals surface area contributed by atoms with Gasteiger partial charge >= 0.3 is 0 Å². The van der Waals surface area contributed by atoms with E-state index in [-0.39, 0.29) is 0 Å². The Morgan fingerprint density at radius 3 is 2.85 bits per heavy atom. The van der Waals surface area contributed by atoms with Crippen molar-refractivity contribution in [3.8, 4) is 11.8 Å². The van der Waals surface area contributed by atoms with Crippen LogP contribution in [0.2, 0.25) is 0 Å². The van der Waals surface area contributed by atoms with Crippen LogP contribution in [0.5, 0.6) is 0 Å². The normalized spacial score (nSPS) is 9.46. The van der Waals surface area contributed by atoms with Crippen molar-refractivity contribution in [1.29, 1.82) is 5.26 Å². The summed E-state index contributed by atoms with van der Waals surface area (Å²) in [7, 11) is 0. The van der Waals surface area contributed by atoms with E-state index in [1.807, 2.05) is 6.07 Å². The van der Waals surface area contributed by atoms with Crippen molar-refractivity contribution >= 4 is 0 Å². The van der Waals surface area contributed by atoms with Gasteiger partial charge in [0.25, 0.3) is 0 Å². The second kappa shape index (κ2) is 3.03. The Labute approximate surface area is 74.3 Å². The molecular formula is C8H5N5. The topological polar surface area (TPSA) is 67.4 Å². The third-order valence-corrected chi connectivity index (χ3v) is 1.55. The fraction of sp³-hybridized carbons (Fsp3) is 0. The molecule has 0 aliphatic carbocycles. The monoisotopic (exact) mass is 171 g/mol. The van der Waals surface area contributed by atoms with Crippen molar-refractivity contribution in [2.24, 2.45) is 0 Å². The highest BCUT2D eigenvalue weighted by atomic mass is 15.3. The lowest BCUT2D eigenvalue weighted by atomic mass is 10.3. The van der Waals surface area contributed by atoms with Crippen LogP contribution in [0.1, 0.15) is 5.69 Å². The van der Waals surface area contributed by atoms with Crippen LogP contribution in [0.4, 0.5) is 0 Å². The SMILES string of the molecule is N#Cc1ccc(-n2cncn2)cn1. The molecule has 2 rings (SSSR count). The van der Waals surface area contributed by atoms with E-state index >= 15 is 0 Å². The molecule has 0 spiro atoms. The molecule has 0 fully saturated rings. The van der Waals surface area contributed by atoms with Gasteiger partial charge in [0.15, 0.2) is 0 Å². The molecule has 0 atom stereocenters. The summed E-state index contributed by atoms with van der Waals surface area (Å²) < 4.78 is 1.58. The number of nitriles is 1. The molecule has 2 aromatic rings. The fourth-order valence-electron chi connectivity index (χ4n) is 0.929. The first-order chi connectivity index (χ1) is 6.40. The summed E-state index contributed by atoms with van der Waals surface area (Å²) in [5.74, 6) is 0. The second-order valence-corrected chi connectivity index (χ2v) is 2.35. The molecule has 0 unspecified atom stereocenters. The molecular weight excluding hydrogens is 166 g/mol. The minimum absolute atomic E-state index is 0.392. The molecule has 2 aromatic heterocycles. The lowest BCUT2D eigenvalue weighted by Crippen LogP contribution is -1.95. The zero-order valence-corrected chi connectivity index (χ0v) is 6.62. The second-order valence-electron chi connectivity index (χ2n) is 2.35. The predicted octanol–water partition coefficient (Wildman–Crippen LogP) is 0.534. The van der Waals surface area contributed by atoms with E-state index < -0.39 is 0 Å². The number of hydrogen-bond acceptors (Lipinski definition) is 4. The molecule has 5 heteroatoms. The number of rotatable bonds is 1. The fourth-order valence-corrected chi connectivity index (χ4v) is 0.929. The van der Waals surface area contributed by atoms with Gasteiger partial charge in [0.1, 0.15) is 24.4 Å². The van der Waals surface area contributed by atoms with Crippen molar-refractivity contribution in [1.82, 2.24) is 19.7 Å². The number of nitrogens with zero attached hydrogens (tertiary/aromatic N) is 5. The van der Waals surface area contributed by atoms with Crippen molar-refractivity contribution in [3.63, 3.8) is 0 Å². The Balaban J connectivity index is 2.40. The molecule has 2 heterocycles. The summed E-state index contributed by atoms with van der Waals surface area (Å²) in [6.07, 6.45) is 4.59. The minimum Gasteiger partial charge on any atom is -0.243 e. The molecule has 0 bridgehead atoms. The maximum Gasteiger partial charge on any atom is 0.140 e. The van der Waals surface area contributed by atoms with Crippen molar-refractivity contribution in [3.05, 3.63) is 36.7 Å². The van der Waals surface area contributed by atoms with Crippen LogP contribution in [0.15, 0.2) is 31.0 Å². The van der Waals surface area contributed by atoms with Crippen LogP contribution in [-0.2, 0) is 0 Å². The van der Waals surface area contributed by atoms with Gasteiger partial charge in [0.2, 0.25) is 0 Å². The highest BCUT2D eigenvalue weighted by Gasteiger charge is 1.96. The first kappa shape index (κ1) is 7.43. The summed E-state index contributed by atoms with van der Waals surface area (Å²) in [6, 6.07) is 5.34. The lowest BCUT2D eigenvalue weighted by Gasteiger charge is -1.97. The van der Waals surface area contributed by atoms with Gasteiger partial charge < -0.3 is 0 Å². The van der Waals surface area contributed by atoms with E-state index in [9.17, 15) is 0 Å². The smallest absolute Gasteiger partial charge is 0.140 e. The van der Waals surface area contributed by atoms with Gasteiger partial charge in [-0.2, -0.15) is 10.4 Å². The van der Waals surface area contributed by atoms with Gasteiger partial charge in [-0.25, -0.2) is 14.6 Å². The Hall–Kier alpha value is -2.22. The zero-order valence-electron chi connectivity index (χ0n) is 6.62. The van der Waals surface area contributed by atoms with Gasteiger partial charge in [0, 0.05) is 0 Å².